The van der Waals surface area contributed by atoms with Crippen molar-refractivity contribution >= 4 is 23.2 Å². The van der Waals surface area contributed by atoms with Crippen LogP contribution in [-0.2, 0) is 16.4 Å². The normalized spacial score (nSPS) is 21.9. The Bertz CT molecular complexity index is 1410. The molecule has 15 heteroatoms. The molecule has 0 aromatic carbocycles. The number of carboxylic acids is 1. The maximum atomic E-state index is 14.0. The Labute approximate surface area is 215 Å². The van der Waals surface area contributed by atoms with Gasteiger partial charge in [-0.05, 0) is 45.2 Å². The van der Waals surface area contributed by atoms with Gasteiger partial charge in [0.05, 0.1) is 11.8 Å². The molecule has 2 bridgehead atoms. The summed E-state index contributed by atoms with van der Waals surface area (Å²) >= 11 is 0. The Morgan fingerprint density at radius 2 is 1.69 bits per heavy atom. The lowest BCUT2D eigenvalue weighted by molar-refractivity contribution is -0.192. The summed E-state index contributed by atoms with van der Waals surface area (Å²) in [4.78, 5) is 29.6. The van der Waals surface area contributed by atoms with E-state index in [1.807, 2.05) is 13.8 Å². The van der Waals surface area contributed by atoms with E-state index in [-0.39, 0.29) is 22.9 Å². The molecule has 1 amide bonds. The Morgan fingerprint density at radius 1 is 1.08 bits per heavy atom. The molecule has 3 heterocycles. The van der Waals surface area contributed by atoms with Crippen LogP contribution in [0.4, 0.5) is 36.4 Å². The van der Waals surface area contributed by atoms with Crippen molar-refractivity contribution in [2.75, 3.05) is 5.32 Å². The Morgan fingerprint density at radius 3 is 2.21 bits per heavy atom. The fourth-order valence-electron chi connectivity index (χ4n) is 4.56. The number of rotatable bonds is 5. The van der Waals surface area contributed by atoms with Crippen LogP contribution in [0.1, 0.15) is 55.0 Å². The Hall–Kier alpha value is -3.91. The summed E-state index contributed by atoms with van der Waals surface area (Å²) < 4.78 is 92.0. The van der Waals surface area contributed by atoms with E-state index in [1.54, 1.807) is 22.9 Å². The fraction of sp³-hybridized carbons (Fsp3) is 0.417. The molecule has 0 spiro atoms. The molecule has 39 heavy (non-hydrogen) atoms. The number of nitrogens with one attached hydrogen (secondary N) is 1. The minimum Gasteiger partial charge on any atom is -0.489 e. The molecule has 0 unspecified atom stereocenters. The van der Waals surface area contributed by atoms with Crippen molar-refractivity contribution in [2.24, 2.45) is 0 Å². The fourth-order valence-corrected chi connectivity index (χ4v) is 4.56. The van der Waals surface area contributed by atoms with Crippen molar-refractivity contribution in [3.05, 3.63) is 53.7 Å². The zero-order chi connectivity index (χ0) is 29.0. The quantitative estimate of drug-likeness (QED) is 0.395. The van der Waals surface area contributed by atoms with E-state index in [0.717, 1.165) is 17.8 Å². The van der Waals surface area contributed by atoms with Crippen LogP contribution in [0.3, 0.4) is 0 Å². The molecule has 3 aliphatic rings. The first-order valence-electron chi connectivity index (χ1n) is 11.5. The molecule has 0 radical (unpaired) electrons. The number of anilines is 1. The highest BCUT2D eigenvalue weighted by molar-refractivity contribution is 6.03. The van der Waals surface area contributed by atoms with Gasteiger partial charge in [-0.15, -0.1) is 0 Å². The van der Waals surface area contributed by atoms with E-state index in [1.165, 1.54) is 6.07 Å². The van der Waals surface area contributed by atoms with E-state index in [2.05, 4.69) is 15.3 Å². The van der Waals surface area contributed by atoms with Crippen molar-refractivity contribution in [1.82, 2.24) is 14.4 Å². The van der Waals surface area contributed by atoms with Gasteiger partial charge in [0, 0.05) is 23.9 Å². The standard InChI is InChI=1S/C22H20F4N4O2.C2HF3O2/c1-12(2)32-15-6-18-29-17(20-9-21(23,10-20)11-20)8-30(18)7-14(15)28-19(31)13-4-3-5-16(27-13)22(24,25)26;3-2(4,5)1(6)7/h3-8,12H,9-11H2,1-2H3,(H,28,31);(H,6,7). The third-order valence-electron chi connectivity index (χ3n) is 6.19. The monoisotopic (exact) mass is 562 g/mol. The maximum absolute atomic E-state index is 14.0. The van der Waals surface area contributed by atoms with Crippen molar-refractivity contribution in [2.45, 2.75) is 62.7 Å². The molecule has 3 aromatic rings. The number of amides is 1. The molecule has 3 saturated carbocycles. The van der Waals surface area contributed by atoms with Crippen LogP contribution in [0.15, 0.2) is 36.7 Å². The van der Waals surface area contributed by atoms with Crippen LogP contribution in [0, 0.1) is 0 Å². The van der Waals surface area contributed by atoms with Crippen molar-refractivity contribution in [1.29, 1.82) is 0 Å². The van der Waals surface area contributed by atoms with E-state index < -0.39 is 35.6 Å². The van der Waals surface area contributed by atoms with Gasteiger partial charge in [-0.25, -0.2) is 19.2 Å². The first-order valence-corrected chi connectivity index (χ1v) is 11.5. The maximum Gasteiger partial charge on any atom is 0.490 e. The van der Waals surface area contributed by atoms with E-state index in [9.17, 15) is 35.5 Å². The summed E-state index contributed by atoms with van der Waals surface area (Å²) in [5.74, 6) is -3.24. The first kappa shape index (κ1) is 28.1. The molecule has 0 atom stereocenters. The number of carboxylic acid groups (broad SMARTS) is 1. The van der Waals surface area contributed by atoms with E-state index in [4.69, 9.17) is 14.6 Å². The number of fused-ring (bicyclic) bond motifs is 1. The lowest BCUT2D eigenvalue weighted by Gasteiger charge is -2.65. The van der Waals surface area contributed by atoms with Gasteiger partial charge in [0.25, 0.3) is 5.91 Å². The van der Waals surface area contributed by atoms with Gasteiger partial charge in [0.1, 0.15) is 34.1 Å². The SMILES string of the molecule is CC(C)Oc1cc2nc(C34CC(F)(C3)C4)cn2cc1NC(=O)c1cccc(C(F)(F)F)n1.O=C(O)C(F)(F)F. The predicted molar refractivity (Wildman–Crippen MR) is 121 cm³/mol. The van der Waals surface area contributed by atoms with Gasteiger partial charge in [0.15, 0.2) is 0 Å². The van der Waals surface area contributed by atoms with Crippen LogP contribution >= 0.6 is 0 Å². The predicted octanol–water partition coefficient (Wildman–Crippen LogP) is 5.56. The highest BCUT2D eigenvalue weighted by atomic mass is 19.4. The highest BCUT2D eigenvalue weighted by Crippen LogP contribution is 2.69. The molecule has 210 valence electrons. The third-order valence-corrected chi connectivity index (χ3v) is 6.19. The highest BCUT2D eigenvalue weighted by Gasteiger charge is 2.70. The molecule has 3 fully saturated rings. The topological polar surface area (TPSA) is 106 Å². The summed E-state index contributed by atoms with van der Waals surface area (Å²) in [6.45, 7) is 3.62. The number of nitrogens with zero attached hydrogens (tertiary/aromatic N) is 3. The summed E-state index contributed by atoms with van der Waals surface area (Å²) in [6, 6.07) is 4.78. The van der Waals surface area contributed by atoms with Gasteiger partial charge in [0.2, 0.25) is 0 Å². The van der Waals surface area contributed by atoms with Gasteiger partial charge < -0.3 is 19.6 Å². The second-order valence-electron chi connectivity index (χ2n) is 9.73. The second-order valence-corrected chi connectivity index (χ2v) is 9.73. The largest absolute Gasteiger partial charge is 0.490 e. The summed E-state index contributed by atoms with van der Waals surface area (Å²) in [7, 11) is 0. The zero-order valence-corrected chi connectivity index (χ0v) is 20.3. The summed E-state index contributed by atoms with van der Waals surface area (Å²) in [5.41, 5.74) is -1.19. The Balaban J connectivity index is 0.000000448. The lowest BCUT2D eigenvalue weighted by atomic mass is 9.41. The number of imidazole rings is 1. The number of alkyl halides is 7. The third kappa shape index (κ3) is 5.76. The molecule has 8 nitrogen and oxygen atoms in total. The van der Waals surface area contributed by atoms with Gasteiger partial charge in [-0.2, -0.15) is 26.3 Å². The van der Waals surface area contributed by atoms with Gasteiger partial charge >= 0.3 is 18.3 Å². The summed E-state index contributed by atoms with van der Waals surface area (Å²) in [6.07, 6.45) is -5.19. The van der Waals surface area contributed by atoms with Gasteiger partial charge in [-0.1, -0.05) is 6.07 Å². The average molecular weight is 562 g/mol. The molecule has 3 aromatic heterocycles. The Kier molecular flexibility index (Phi) is 6.76. The number of aromatic nitrogens is 3. The van der Waals surface area contributed by atoms with Crippen LogP contribution in [0.25, 0.3) is 5.65 Å². The molecule has 0 saturated heterocycles. The minimum atomic E-state index is -5.08. The van der Waals surface area contributed by atoms with Crippen molar-refractivity contribution < 1.29 is 50.2 Å². The summed E-state index contributed by atoms with van der Waals surface area (Å²) in [5, 5.41) is 9.72. The number of carbonyl (C=O) groups excluding carboxylic acids is 1. The smallest absolute Gasteiger partial charge is 0.489 e. The minimum absolute atomic E-state index is 0.224. The number of hydrogen-bond donors (Lipinski definition) is 2. The number of ether oxygens (including phenoxy) is 1. The first-order chi connectivity index (χ1) is 17.9. The molecule has 2 N–H and O–H groups in total. The van der Waals surface area contributed by atoms with Crippen molar-refractivity contribution in [3.63, 3.8) is 0 Å². The van der Waals surface area contributed by atoms with Crippen LogP contribution in [0.2, 0.25) is 0 Å². The molecule has 0 aliphatic heterocycles. The van der Waals surface area contributed by atoms with Crippen LogP contribution in [0.5, 0.6) is 5.75 Å². The molecule has 3 aliphatic carbocycles. The number of aliphatic carboxylic acids is 1. The average Bonchev–Trinajstić information content (AvgIpc) is 3.18. The van der Waals surface area contributed by atoms with Crippen molar-refractivity contribution in [3.8, 4) is 5.75 Å². The number of pyridine rings is 2. The number of carbonyl (C=O) groups is 2. The molecular weight excluding hydrogens is 541 g/mol. The van der Waals surface area contributed by atoms with Crippen LogP contribution < -0.4 is 10.1 Å². The second kappa shape index (κ2) is 9.38. The zero-order valence-electron chi connectivity index (χ0n) is 20.3. The van der Waals surface area contributed by atoms with E-state index in [0.29, 0.717) is 30.7 Å². The van der Waals surface area contributed by atoms with E-state index >= 15 is 0 Å². The number of hydrogen-bond acceptors (Lipinski definition) is 5. The molecule has 6 rings (SSSR count). The van der Waals surface area contributed by atoms with Gasteiger partial charge in [-0.3, -0.25) is 4.79 Å². The molecular formula is C24H21F7N4O4. The van der Waals surface area contributed by atoms with Crippen LogP contribution in [-0.4, -0.2) is 49.3 Å². The lowest BCUT2D eigenvalue weighted by Crippen LogP contribution is -2.67. The number of halogens is 7.